The summed E-state index contributed by atoms with van der Waals surface area (Å²) in [6, 6.07) is 5.31. The van der Waals surface area contributed by atoms with Crippen LogP contribution in [0, 0.1) is 5.92 Å². The number of carbonyl (C=O) groups is 1. The molecule has 1 saturated carbocycles. The molecular formula is C17H21Cl2NO3. The van der Waals surface area contributed by atoms with E-state index in [0.29, 0.717) is 41.8 Å². The average molecular weight is 358 g/mol. The van der Waals surface area contributed by atoms with Crippen LogP contribution in [-0.4, -0.2) is 41.2 Å². The Morgan fingerprint density at radius 1 is 1.35 bits per heavy atom. The Labute approximate surface area is 146 Å². The second kappa shape index (κ2) is 7.29. The molecule has 1 N–H and O–H groups in total. The monoisotopic (exact) mass is 357 g/mol. The van der Waals surface area contributed by atoms with Crippen molar-refractivity contribution in [3.8, 4) is 5.75 Å². The molecule has 6 heteroatoms. The topological polar surface area (TPSA) is 49.8 Å². The molecule has 4 rings (SSSR count). The van der Waals surface area contributed by atoms with Crippen molar-refractivity contribution in [1.29, 1.82) is 0 Å². The molecule has 0 aromatic heterocycles. The van der Waals surface area contributed by atoms with Crippen LogP contribution in [0.3, 0.4) is 0 Å². The van der Waals surface area contributed by atoms with Crippen LogP contribution in [0.15, 0.2) is 18.2 Å². The maximum Gasteiger partial charge on any atom is 0.222 e. The predicted molar refractivity (Wildman–Crippen MR) is 90.0 cm³/mol. The first-order chi connectivity index (χ1) is 11.0. The Bertz CT molecular complexity index is 581. The van der Waals surface area contributed by atoms with E-state index >= 15 is 0 Å². The molecule has 4 nitrogen and oxygen atoms in total. The Hall–Kier alpha value is -0.970. The summed E-state index contributed by atoms with van der Waals surface area (Å²) in [7, 11) is 0. The minimum atomic E-state index is -0.229. The summed E-state index contributed by atoms with van der Waals surface area (Å²) in [6.45, 7) is 1.15. The number of amides is 1. The van der Waals surface area contributed by atoms with Gasteiger partial charge in [-0.1, -0.05) is 23.2 Å². The van der Waals surface area contributed by atoms with Gasteiger partial charge in [0.05, 0.1) is 17.7 Å². The minimum Gasteiger partial charge on any atom is -0.492 e. The number of piperidine rings is 2. The van der Waals surface area contributed by atoms with Crippen molar-refractivity contribution in [1.82, 2.24) is 4.90 Å². The lowest BCUT2D eigenvalue weighted by molar-refractivity contribution is -0.143. The number of ether oxygens (including phenoxy) is 1. The summed E-state index contributed by atoms with van der Waals surface area (Å²) in [5, 5.41) is 11.0. The number of fused-ring (bicyclic) bond motifs is 3. The second-order valence-corrected chi connectivity index (χ2v) is 7.21. The molecule has 23 heavy (non-hydrogen) atoms. The zero-order valence-corrected chi connectivity index (χ0v) is 14.4. The Balaban J connectivity index is 1.43. The van der Waals surface area contributed by atoms with Gasteiger partial charge < -0.3 is 14.7 Å². The quantitative estimate of drug-likeness (QED) is 0.820. The van der Waals surface area contributed by atoms with E-state index in [1.54, 1.807) is 18.2 Å². The molecule has 2 heterocycles. The fourth-order valence-corrected chi connectivity index (χ4v) is 4.00. The van der Waals surface area contributed by atoms with E-state index in [-0.39, 0.29) is 24.0 Å². The molecule has 2 saturated heterocycles. The number of carbonyl (C=O) groups excluding carboxylic acids is 1. The first-order valence-corrected chi connectivity index (χ1v) is 8.85. The van der Waals surface area contributed by atoms with Crippen LogP contribution in [0.1, 0.15) is 32.1 Å². The molecule has 0 radical (unpaired) electrons. The van der Waals surface area contributed by atoms with Gasteiger partial charge in [0, 0.05) is 29.9 Å². The highest BCUT2D eigenvalue weighted by Gasteiger charge is 2.41. The van der Waals surface area contributed by atoms with E-state index in [9.17, 15) is 9.90 Å². The molecule has 3 fully saturated rings. The van der Waals surface area contributed by atoms with Gasteiger partial charge in [-0.25, -0.2) is 0 Å². The molecule has 0 spiro atoms. The van der Waals surface area contributed by atoms with Crippen LogP contribution < -0.4 is 4.74 Å². The first-order valence-electron chi connectivity index (χ1n) is 8.10. The molecule has 3 atom stereocenters. The molecule has 126 valence electrons. The minimum absolute atomic E-state index is 0.164. The van der Waals surface area contributed by atoms with Crippen molar-refractivity contribution in [2.75, 3.05) is 13.2 Å². The zero-order chi connectivity index (χ0) is 16.4. The van der Waals surface area contributed by atoms with Crippen LogP contribution in [0.2, 0.25) is 10.0 Å². The molecule has 1 aliphatic carbocycles. The second-order valence-electron chi connectivity index (χ2n) is 6.37. The van der Waals surface area contributed by atoms with Crippen molar-refractivity contribution < 1.29 is 14.6 Å². The van der Waals surface area contributed by atoms with Crippen LogP contribution in [0.4, 0.5) is 0 Å². The molecule has 1 amide bonds. The fourth-order valence-electron chi connectivity index (χ4n) is 3.53. The number of nitrogens with zero attached hydrogens (tertiary/aromatic N) is 1. The van der Waals surface area contributed by atoms with Gasteiger partial charge in [0.1, 0.15) is 5.75 Å². The highest BCUT2D eigenvalue weighted by atomic mass is 35.5. The SMILES string of the molecule is O=C(CCCOc1ccc(Cl)cc1Cl)N1CC2CCC1CC2O. The van der Waals surface area contributed by atoms with Gasteiger partial charge in [0.25, 0.3) is 0 Å². The number of rotatable bonds is 5. The number of hydrogen-bond donors (Lipinski definition) is 1. The van der Waals surface area contributed by atoms with E-state index in [2.05, 4.69) is 0 Å². The van der Waals surface area contributed by atoms with Gasteiger partial charge >= 0.3 is 0 Å². The van der Waals surface area contributed by atoms with E-state index in [0.717, 1.165) is 19.3 Å². The van der Waals surface area contributed by atoms with E-state index in [1.807, 2.05) is 4.90 Å². The van der Waals surface area contributed by atoms with Crippen molar-refractivity contribution in [3.05, 3.63) is 28.2 Å². The summed E-state index contributed by atoms with van der Waals surface area (Å²) in [5.74, 6) is 1.01. The van der Waals surface area contributed by atoms with Crippen molar-refractivity contribution in [2.45, 2.75) is 44.2 Å². The molecule has 2 aliphatic heterocycles. The average Bonchev–Trinajstić information content (AvgIpc) is 2.53. The lowest BCUT2D eigenvalue weighted by atomic mass is 9.77. The van der Waals surface area contributed by atoms with Gasteiger partial charge in [0.2, 0.25) is 5.91 Å². The molecule has 1 aromatic carbocycles. The summed E-state index contributed by atoms with van der Waals surface area (Å²) >= 11 is 11.9. The van der Waals surface area contributed by atoms with E-state index < -0.39 is 0 Å². The Morgan fingerprint density at radius 2 is 2.17 bits per heavy atom. The smallest absolute Gasteiger partial charge is 0.222 e. The number of aliphatic hydroxyl groups is 1. The van der Waals surface area contributed by atoms with E-state index in [4.69, 9.17) is 27.9 Å². The standard InChI is InChI=1S/C17H21Cl2NO3/c18-12-4-6-16(14(19)8-12)23-7-1-2-17(22)20-10-11-3-5-13(20)9-15(11)21/h4,6,8,11,13,15,21H,1-3,5,7,9-10H2. The normalized spacial score (nSPS) is 26.4. The molecule has 2 bridgehead atoms. The number of aliphatic hydroxyl groups excluding tert-OH is 1. The maximum atomic E-state index is 12.4. The van der Waals surface area contributed by atoms with Crippen molar-refractivity contribution in [2.24, 2.45) is 5.92 Å². The molecule has 3 aliphatic rings. The third-order valence-corrected chi connectivity index (χ3v) is 5.34. The highest BCUT2D eigenvalue weighted by Crippen LogP contribution is 2.35. The lowest BCUT2D eigenvalue weighted by Crippen LogP contribution is -2.56. The number of hydrogen-bond acceptors (Lipinski definition) is 3. The highest BCUT2D eigenvalue weighted by molar-refractivity contribution is 6.35. The zero-order valence-electron chi connectivity index (χ0n) is 12.9. The summed E-state index contributed by atoms with van der Waals surface area (Å²) < 4.78 is 5.61. The van der Waals surface area contributed by atoms with Gasteiger partial charge in [-0.3, -0.25) is 4.79 Å². The van der Waals surface area contributed by atoms with Gasteiger partial charge in [-0.15, -0.1) is 0 Å². The lowest BCUT2D eigenvalue weighted by Gasteiger charge is -2.47. The summed E-state index contributed by atoms with van der Waals surface area (Å²) in [4.78, 5) is 14.3. The fraction of sp³-hybridized carbons (Fsp3) is 0.588. The number of benzene rings is 1. The maximum absolute atomic E-state index is 12.4. The van der Waals surface area contributed by atoms with Gasteiger partial charge in [-0.2, -0.15) is 0 Å². The van der Waals surface area contributed by atoms with Crippen molar-refractivity contribution in [3.63, 3.8) is 0 Å². The number of halogens is 2. The van der Waals surface area contributed by atoms with E-state index in [1.165, 1.54) is 0 Å². The van der Waals surface area contributed by atoms with Crippen LogP contribution in [0.25, 0.3) is 0 Å². The summed E-state index contributed by atoms with van der Waals surface area (Å²) in [5.41, 5.74) is 0. The first kappa shape index (κ1) is 16.9. The molecule has 1 aromatic rings. The van der Waals surface area contributed by atoms with Crippen molar-refractivity contribution >= 4 is 29.1 Å². The third-order valence-electron chi connectivity index (χ3n) is 4.81. The van der Waals surface area contributed by atoms with Crippen LogP contribution in [0.5, 0.6) is 5.75 Å². The van der Waals surface area contributed by atoms with Crippen LogP contribution >= 0.6 is 23.2 Å². The molecular weight excluding hydrogens is 337 g/mol. The Kier molecular flexibility index (Phi) is 5.34. The predicted octanol–water partition coefficient (Wildman–Crippen LogP) is 3.52. The van der Waals surface area contributed by atoms with Crippen LogP contribution in [-0.2, 0) is 4.79 Å². The van der Waals surface area contributed by atoms with Gasteiger partial charge in [-0.05, 0) is 43.9 Å². The summed E-state index contributed by atoms with van der Waals surface area (Å²) in [6.07, 6.45) is 3.66. The molecule has 3 unspecified atom stereocenters. The third kappa shape index (κ3) is 3.93. The Morgan fingerprint density at radius 3 is 2.83 bits per heavy atom. The largest absolute Gasteiger partial charge is 0.492 e. The van der Waals surface area contributed by atoms with Gasteiger partial charge in [0.15, 0.2) is 0 Å².